The molecule has 0 saturated heterocycles. The highest BCUT2D eigenvalue weighted by atomic mass is 32.2. The Labute approximate surface area is 179 Å². The topological polar surface area (TPSA) is 101 Å². The molecule has 10 heteroatoms. The van der Waals surface area contributed by atoms with Crippen LogP contribution in [0.1, 0.15) is 18.1 Å². The van der Waals surface area contributed by atoms with Crippen molar-refractivity contribution in [1.82, 2.24) is 0 Å². The minimum absolute atomic E-state index is 0.0623. The number of aliphatic imine (C=N–C) groups is 1. The molecule has 2 rings (SSSR count). The molecule has 0 saturated carbocycles. The van der Waals surface area contributed by atoms with Crippen LogP contribution in [0.4, 0.5) is 18.9 Å². The molecule has 31 heavy (non-hydrogen) atoms. The van der Waals surface area contributed by atoms with Gasteiger partial charge in [-0.05, 0) is 42.8 Å². The maximum Gasteiger partial charge on any atom is 0.165 e. The summed E-state index contributed by atoms with van der Waals surface area (Å²) in [4.78, 5) is 4.09. The van der Waals surface area contributed by atoms with Gasteiger partial charge in [-0.1, -0.05) is 6.58 Å². The molecular weight excluding hydrogens is 429 g/mol. The van der Waals surface area contributed by atoms with E-state index < -0.39 is 27.2 Å². The summed E-state index contributed by atoms with van der Waals surface area (Å²) in [5, 5.41) is 2.73. The van der Waals surface area contributed by atoms with Crippen molar-refractivity contribution in [3.63, 3.8) is 0 Å². The summed E-state index contributed by atoms with van der Waals surface area (Å²) in [5.41, 5.74) is 5.75. The maximum atomic E-state index is 14.5. The van der Waals surface area contributed by atoms with Gasteiger partial charge in [0.25, 0.3) is 0 Å². The van der Waals surface area contributed by atoms with E-state index in [1.54, 1.807) is 6.92 Å². The Morgan fingerprint density at radius 3 is 2.61 bits per heavy atom. The van der Waals surface area contributed by atoms with E-state index in [1.165, 1.54) is 24.5 Å². The quantitative estimate of drug-likeness (QED) is 0.481. The molecule has 0 aliphatic heterocycles. The zero-order valence-electron chi connectivity index (χ0n) is 17.0. The number of hydrogen-bond donors (Lipinski definition) is 3. The van der Waals surface area contributed by atoms with Gasteiger partial charge in [0.05, 0.1) is 12.4 Å². The fourth-order valence-electron chi connectivity index (χ4n) is 2.74. The molecule has 2 aromatic carbocycles. The largest absolute Gasteiger partial charge is 0.493 e. The molecule has 2 aromatic rings. The van der Waals surface area contributed by atoms with Gasteiger partial charge >= 0.3 is 0 Å². The summed E-state index contributed by atoms with van der Waals surface area (Å²) in [6.45, 7) is 5.59. The van der Waals surface area contributed by atoms with Crippen LogP contribution >= 0.6 is 0 Å². The van der Waals surface area contributed by atoms with Gasteiger partial charge in [-0.2, -0.15) is 0 Å². The zero-order valence-corrected chi connectivity index (χ0v) is 17.9. The van der Waals surface area contributed by atoms with Gasteiger partial charge in [0.2, 0.25) is 0 Å². The highest BCUT2D eigenvalue weighted by Crippen LogP contribution is 2.25. The molecule has 0 spiro atoms. The number of halogens is 3. The number of allylic oxidation sites excluding steroid dienone is 1. The van der Waals surface area contributed by atoms with E-state index in [0.717, 1.165) is 18.2 Å². The van der Waals surface area contributed by atoms with Crippen molar-refractivity contribution in [2.45, 2.75) is 12.7 Å². The normalized spacial score (nSPS) is 14.1. The lowest BCUT2D eigenvalue weighted by molar-refractivity contribution is 0.337. The number of rotatable bonds is 9. The van der Waals surface area contributed by atoms with Crippen LogP contribution in [0.15, 0.2) is 65.8 Å². The lowest BCUT2D eigenvalue weighted by atomic mass is 10.1. The average molecular weight is 453 g/mol. The first-order chi connectivity index (χ1) is 14.5. The number of anilines is 1. The zero-order chi connectivity index (χ0) is 23.2. The van der Waals surface area contributed by atoms with Gasteiger partial charge < -0.3 is 15.8 Å². The lowest BCUT2D eigenvalue weighted by Crippen LogP contribution is -2.10. The third kappa shape index (κ3) is 7.18. The van der Waals surface area contributed by atoms with Crippen LogP contribution in [0.2, 0.25) is 0 Å². The molecule has 0 radical (unpaired) electrons. The number of hydrogen-bond acceptors (Lipinski definition) is 6. The number of nitrogens with zero attached hydrogens (tertiary/aromatic N) is 1. The third-order valence-electron chi connectivity index (χ3n) is 3.81. The van der Waals surface area contributed by atoms with Crippen LogP contribution in [0.3, 0.4) is 0 Å². The van der Waals surface area contributed by atoms with Gasteiger partial charge in [-0.25, -0.2) is 22.4 Å². The van der Waals surface area contributed by atoms with Crippen molar-refractivity contribution < 1.29 is 22.1 Å². The van der Waals surface area contributed by atoms with Crippen LogP contribution in [0, 0.1) is 16.4 Å². The summed E-state index contributed by atoms with van der Waals surface area (Å²) in [7, 11) is -2.88. The molecule has 0 amide bonds. The third-order valence-corrected chi connectivity index (χ3v) is 4.69. The molecule has 1 unspecified atom stereocenters. The fourth-order valence-corrected chi connectivity index (χ4v) is 3.54. The predicted molar refractivity (Wildman–Crippen MR) is 117 cm³/mol. The highest BCUT2D eigenvalue weighted by Gasteiger charge is 2.17. The molecule has 0 aromatic heterocycles. The summed E-state index contributed by atoms with van der Waals surface area (Å²) in [6.07, 6.45) is 1.94. The molecule has 166 valence electrons. The van der Waals surface area contributed by atoms with Gasteiger partial charge in [0.15, 0.2) is 5.83 Å². The van der Waals surface area contributed by atoms with Crippen molar-refractivity contribution in [1.29, 1.82) is 4.78 Å². The molecule has 0 heterocycles. The van der Waals surface area contributed by atoms with E-state index in [9.17, 15) is 17.4 Å². The first kappa shape index (κ1) is 24.0. The van der Waals surface area contributed by atoms with Crippen molar-refractivity contribution in [3.8, 4) is 5.75 Å². The Hall–Kier alpha value is -3.27. The number of benzene rings is 2. The van der Waals surface area contributed by atoms with Crippen molar-refractivity contribution in [3.05, 3.63) is 83.6 Å². The van der Waals surface area contributed by atoms with Gasteiger partial charge in [0, 0.05) is 39.5 Å². The van der Waals surface area contributed by atoms with E-state index in [0.29, 0.717) is 11.8 Å². The second kappa shape index (κ2) is 10.2. The molecule has 0 bridgehead atoms. The van der Waals surface area contributed by atoms with Crippen LogP contribution in [-0.2, 0) is 15.5 Å². The Morgan fingerprint density at radius 1 is 1.29 bits per heavy atom. The Bertz CT molecular complexity index is 1150. The second-order valence-electron chi connectivity index (χ2n) is 6.62. The number of ether oxygens (including phenoxy) is 1. The summed E-state index contributed by atoms with van der Waals surface area (Å²) in [6, 6.07) is 7.31. The standard InChI is InChI=1S/C21H23F3N4O2S/c1-4-30-20-10-15(22)5-6-18(20)21(19(24)11-25)28-13(2)27-17-8-14(7-16(23)9-17)12-31(3,26)29/h5-11,26-27H,2,4,12,25H2,1,3H3/b19-11+,28-21-. The fraction of sp³-hybridized carbons (Fsp3) is 0.190. The lowest BCUT2D eigenvalue weighted by Gasteiger charge is -2.13. The highest BCUT2D eigenvalue weighted by molar-refractivity contribution is 7.90. The minimum Gasteiger partial charge on any atom is -0.493 e. The van der Waals surface area contributed by atoms with E-state index in [1.807, 2.05) is 0 Å². The van der Waals surface area contributed by atoms with E-state index in [4.69, 9.17) is 15.3 Å². The molecule has 1 atom stereocenters. The van der Waals surface area contributed by atoms with Crippen LogP contribution in [-0.4, -0.2) is 22.8 Å². The van der Waals surface area contributed by atoms with E-state index in [2.05, 4.69) is 16.9 Å². The van der Waals surface area contributed by atoms with Crippen molar-refractivity contribution in [2.75, 3.05) is 18.2 Å². The SMILES string of the molecule is C=C(/N=C(\C(F)=C/N)c1ccc(F)cc1OCC)Nc1cc(F)cc(CS(C)(=N)=O)c1. The predicted octanol–water partition coefficient (Wildman–Crippen LogP) is 4.68. The van der Waals surface area contributed by atoms with E-state index in [-0.39, 0.29) is 40.9 Å². The first-order valence-electron chi connectivity index (χ1n) is 9.08. The molecule has 0 aliphatic carbocycles. The monoisotopic (exact) mass is 452 g/mol. The Morgan fingerprint density at radius 2 is 2.00 bits per heavy atom. The smallest absolute Gasteiger partial charge is 0.165 e. The maximum absolute atomic E-state index is 14.5. The Kier molecular flexibility index (Phi) is 7.87. The molecule has 6 nitrogen and oxygen atoms in total. The van der Waals surface area contributed by atoms with Crippen molar-refractivity contribution >= 4 is 21.1 Å². The van der Waals surface area contributed by atoms with E-state index >= 15 is 0 Å². The van der Waals surface area contributed by atoms with Crippen LogP contribution < -0.4 is 15.8 Å². The van der Waals surface area contributed by atoms with Gasteiger partial charge in [-0.15, -0.1) is 0 Å². The van der Waals surface area contributed by atoms with Gasteiger partial charge in [0.1, 0.15) is 28.9 Å². The Balaban J connectivity index is 2.42. The molecule has 0 aliphatic rings. The van der Waals surface area contributed by atoms with Crippen LogP contribution in [0.25, 0.3) is 0 Å². The second-order valence-corrected chi connectivity index (χ2v) is 8.92. The molecule has 0 fully saturated rings. The summed E-state index contributed by atoms with van der Waals surface area (Å²) >= 11 is 0. The number of nitrogens with one attached hydrogen (secondary N) is 2. The first-order valence-corrected chi connectivity index (χ1v) is 11.2. The minimum atomic E-state index is -2.88. The number of nitrogens with two attached hydrogens (primary N) is 1. The van der Waals surface area contributed by atoms with Gasteiger partial charge in [-0.3, -0.25) is 4.78 Å². The van der Waals surface area contributed by atoms with Crippen molar-refractivity contribution in [2.24, 2.45) is 10.7 Å². The summed E-state index contributed by atoms with van der Waals surface area (Å²) < 4.78 is 66.6. The molecular formula is C21H23F3N4O2S. The summed E-state index contributed by atoms with van der Waals surface area (Å²) in [5.74, 6) is -2.25. The van der Waals surface area contributed by atoms with Crippen LogP contribution in [0.5, 0.6) is 5.75 Å². The molecule has 4 N–H and O–H groups in total. The average Bonchev–Trinajstić information content (AvgIpc) is 2.64.